The number of hydrogen-bond acceptors (Lipinski definition) is 9. The number of ether oxygens (including phenoxy) is 6. The Labute approximate surface area is 244 Å². The van der Waals surface area contributed by atoms with E-state index < -0.39 is 24.1 Å². The molecule has 0 aromatic rings. The maximum atomic E-state index is 12.2. The number of amides is 1. The van der Waals surface area contributed by atoms with Crippen LogP contribution in [0.3, 0.4) is 0 Å². The van der Waals surface area contributed by atoms with E-state index in [0.29, 0.717) is 19.6 Å². The molecule has 10 atom stereocenters. The molecule has 0 bridgehead atoms. The normalized spacial score (nSPS) is 35.5. The third-order valence-corrected chi connectivity index (χ3v) is 7.91. The van der Waals surface area contributed by atoms with Crippen molar-refractivity contribution in [1.29, 1.82) is 0 Å². The molecule has 3 aliphatic rings. The number of allylic oxidation sites excluding steroid dienone is 2. The fourth-order valence-electron chi connectivity index (χ4n) is 5.52. The molecule has 10 unspecified atom stereocenters. The minimum absolute atomic E-state index is 0.0242. The summed E-state index contributed by atoms with van der Waals surface area (Å²) in [5, 5.41) is 12.3. The molecule has 3 aliphatic heterocycles. The predicted octanol–water partition coefficient (Wildman–Crippen LogP) is 3.37. The van der Waals surface area contributed by atoms with E-state index in [1.165, 1.54) is 19.3 Å². The highest BCUT2D eigenvalue weighted by atomic mass is 16.7. The fourth-order valence-corrected chi connectivity index (χ4v) is 5.52. The number of carbonyl (C=O) groups is 2. The molecule has 0 saturated carbocycles. The minimum Gasteiger partial charge on any atom is -0.469 e. The fraction of sp³-hybridized carbons (Fsp3) is 0.742. The van der Waals surface area contributed by atoms with Crippen molar-refractivity contribution in [2.75, 3.05) is 20.3 Å². The molecular formula is C31H49NO9. The van der Waals surface area contributed by atoms with Crippen LogP contribution in [0.1, 0.15) is 67.2 Å². The molecule has 0 aliphatic carbocycles. The van der Waals surface area contributed by atoms with Gasteiger partial charge in [0.25, 0.3) is 0 Å². The maximum Gasteiger partial charge on any atom is 0.308 e. The summed E-state index contributed by atoms with van der Waals surface area (Å²) < 4.78 is 35.3. The summed E-state index contributed by atoms with van der Waals surface area (Å²) in [6.07, 6.45) is 8.87. The monoisotopic (exact) mass is 579 g/mol. The Morgan fingerprint density at radius 1 is 1.20 bits per heavy atom. The molecule has 3 heterocycles. The first kappa shape index (κ1) is 33.4. The lowest BCUT2D eigenvalue weighted by molar-refractivity contribution is -0.227. The smallest absolute Gasteiger partial charge is 0.308 e. The second kappa shape index (κ2) is 15.4. The van der Waals surface area contributed by atoms with Crippen LogP contribution in [0.5, 0.6) is 0 Å². The van der Waals surface area contributed by atoms with E-state index in [1.54, 1.807) is 6.92 Å². The van der Waals surface area contributed by atoms with Crippen LogP contribution in [0.2, 0.25) is 0 Å². The van der Waals surface area contributed by atoms with Crippen molar-refractivity contribution in [3.63, 3.8) is 0 Å². The molecule has 1 amide bonds. The molecule has 232 valence electrons. The quantitative estimate of drug-likeness (QED) is 0.111. The summed E-state index contributed by atoms with van der Waals surface area (Å²) >= 11 is 0. The summed E-state index contributed by atoms with van der Waals surface area (Å²) in [6.45, 7) is 12.6. The lowest BCUT2D eigenvalue weighted by atomic mass is 9.87. The van der Waals surface area contributed by atoms with Crippen LogP contribution in [-0.2, 0) is 38.0 Å². The van der Waals surface area contributed by atoms with Crippen molar-refractivity contribution in [3.8, 4) is 0 Å². The van der Waals surface area contributed by atoms with Gasteiger partial charge in [0, 0.05) is 19.1 Å². The van der Waals surface area contributed by atoms with Crippen LogP contribution in [0.15, 0.2) is 36.0 Å². The van der Waals surface area contributed by atoms with Gasteiger partial charge in [-0.25, -0.2) is 0 Å². The topological polar surface area (TPSA) is 125 Å². The van der Waals surface area contributed by atoms with Crippen molar-refractivity contribution in [1.82, 2.24) is 5.32 Å². The van der Waals surface area contributed by atoms with Gasteiger partial charge >= 0.3 is 5.97 Å². The first-order valence-electron chi connectivity index (χ1n) is 14.8. The van der Waals surface area contributed by atoms with Crippen molar-refractivity contribution >= 4 is 11.9 Å². The van der Waals surface area contributed by atoms with Gasteiger partial charge in [0.05, 0.1) is 50.6 Å². The molecule has 3 fully saturated rings. The molecule has 3 saturated heterocycles. The number of rotatable bonds is 13. The van der Waals surface area contributed by atoms with Gasteiger partial charge in [0.15, 0.2) is 6.29 Å². The zero-order chi connectivity index (χ0) is 30.2. The molecule has 41 heavy (non-hydrogen) atoms. The number of epoxide rings is 1. The largest absolute Gasteiger partial charge is 0.469 e. The molecule has 10 heteroatoms. The van der Waals surface area contributed by atoms with E-state index >= 15 is 0 Å². The SMILES string of the molecule is CCOC(C)OC1C(C=CC(C)=CCC2OC(C)C(NC(=O)C=CC(C)O)CC2C)OC(CC(=O)OC)CC12CO2. The van der Waals surface area contributed by atoms with E-state index in [-0.39, 0.29) is 54.7 Å². The number of methoxy groups -OCH3 is 1. The number of aliphatic hydroxyl groups is 1. The third kappa shape index (κ3) is 10.0. The molecule has 10 nitrogen and oxygen atoms in total. The number of hydrogen-bond donors (Lipinski definition) is 2. The van der Waals surface area contributed by atoms with Gasteiger partial charge in [0.2, 0.25) is 5.91 Å². The van der Waals surface area contributed by atoms with Crippen LogP contribution in [0.4, 0.5) is 0 Å². The lowest BCUT2D eigenvalue weighted by Gasteiger charge is -2.40. The van der Waals surface area contributed by atoms with Crippen molar-refractivity contribution < 1.29 is 43.1 Å². The highest BCUT2D eigenvalue weighted by molar-refractivity contribution is 5.87. The van der Waals surface area contributed by atoms with Gasteiger partial charge in [-0.3, -0.25) is 9.59 Å². The molecule has 0 aromatic carbocycles. The lowest BCUT2D eigenvalue weighted by Crippen LogP contribution is -2.53. The van der Waals surface area contributed by atoms with E-state index in [0.717, 1.165) is 18.4 Å². The first-order valence-corrected chi connectivity index (χ1v) is 14.8. The predicted molar refractivity (Wildman–Crippen MR) is 153 cm³/mol. The van der Waals surface area contributed by atoms with Crippen molar-refractivity contribution in [2.24, 2.45) is 5.92 Å². The second-order valence-corrected chi connectivity index (χ2v) is 11.5. The molecule has 0 radical (unpaired) electrons. The summed E-state index contributed by atoms with van der Waals surface area (Å²) in [6, 6.07) is -0.0910. The molecular weight excluding hydrogens is 530 g/mol. The summed E-state index contributed by atoms with van der Waals surface area (Å²) in [5.74, 6) is -0.302. The number of carbonyl (C=O) groups excluding carboxylic acids is 2. The van der Waals surface area contributed by atoms with Crippen LogP contribution >= 0.6 is 0 Å². The zero-order valence-corrected chi connectivity index (χ0v) is 25.5. The van der Waals surface area contributed by atoms with Crippen molar-refractivity contribution in [3.05, 3.63) is 36.0 Å². The molecule has 2 N–H and O–H groups in total. The molecule has 1 spiro atoms. The van der Waals surface area contributed by atoms with Crippen LogP contribution in [-0.4, -0.2) is 91.9 Å². The average Bonchev–Trinajstić information content (AvgIpc) is 3.68. The Bertz CT molecular complexity index is 957. The van der Waals surface area contributed by atoms with Crippen LogP contribution in [0, 0.1) is 5.92 Å². The maximum absolute atomic E-state index is 12.2. The minimum atomic E-state index is -0.667. The van der Waals surface area contributed by atoms with Gasteiger partial charge in [-0.05, 0) is 53.4 Å². The first-order chi connectivity index (χ1) is 19.5. The van der Waals surface area contributed by atoms with Gasteiger partial charge in [-0.2, -0.15) is 0 Å². The zero-order valence-electron chi connectivity index (χ0n) is 25.5. The highest BCUT2D eigenvalue weighted by Gasteiger charge is 2.60. The van der Waals surface area contributed by atoms with Crippen molar-refractivity contribution in [2.45, 2.75) is 122 Å². The summed E-state index contributed by atoms with van der Waals surface area (Å²) in [4.78, 5) is 24.1. The molecule has 3 rings (SSSR count). The van der Waals surface area contributed by atoms with E-state index in [9.17, 15) is 14.7 Å². The van der Waals surface area contributed by atoms with Gasteiger partial charge < -0.3 is 38.8 Å². The molecule has 0 aromatic heterocycles. The third-order valence-electron chi connectivity index (χ3n) is 7.91. The van der Waals surface area contributed by atoms with E-state index in [2.05, 4.69) is 18.3 Å². The van der Waals surface area contributed by atoms with E-state index in [1.807, 2.05) is 39.8 Å². The Kier molecular flexibility index (Phi) is 12.6. The van der Waals surface area contributed by atoms with Gasteiger partial charge in [0.1, 0.15) is 17.8 Å². The Balaban J connectivity index is 1.62. The van der Waals surface area contributed by atoms with Gasteiger partial charge in [-0.15, -0.1) is 0 Å². The van der Waals surface area contributed by atoms with Crippen LogP contribution < -0.4 is 5.32 Å². The Morgan fingerprint density at radius 2 is 1.93 bits per heavy atom. The summed E-state index contributed by atoms with van der Waals surface area (Å²) in [5.41, 5.74) is 0.544. The second-order valence-electron chi connectivity index (χ2n) is 11.5. The highest BCUT2D eigenvalue weighted by Crippen LogP contribution is 2.45. The Hall–Kier alpha value is -2.08. The standard InChI is InChI=1S/C31H49NO9/c1-8-37-23(6)40-30-27(41-24(16-29(35)36-7)17-31(30)18-38-31)13-10-19(2)9-12-26-20(3)15-25(22(5)39-26)32-28(34)14-11-21(4)33/h9-11,13-14,20-27,30,33H,8,12,15-18H2,1-7H3,(H,32,34). The van der Waals surface area contributed by atoms with Crippen LogP contribution in [0.25, 0.3) is 0 Å². The summed E-state index contributed by atoms with van der Waals surface area (Å²) in [7, 11) is 1.38. The Morgan fingerprint density at radius 3 is 2.56 bits per heavy atom. The van der Waals surface area contributed by atoms with E-state index in [4.69, 9.17) is 28.4 Å². The van der Waals surface area contributed by atoms with Gasteiger partial charge in [-0.1, -0.05) is 36.8 Å². The number of aliphatic hydroxyl groups excluding tert-OH is 1. The number of nitrogens with one attached hydrogen (secondary N) is 1. The average molecular weight is 580 g/mol. The number of esters is 1.